The Kier molecular flexibility index (Phi) is 4.50. The van der Waals surface area contributed by atoms with Gasteiger partial charge in [-0.1, -0.05) is 42.8 Å². The van der Waals surface area contributed by atoms with Gasteiger partial charge in [0, 0.05) is 24.0 Å². The molecule has 1 heterocycles. The average molecular weight is 439 g/mol. The first-order chi connectivity index (χ1) is 15.0. The molecular formula is C25H30N2O3S. The Morgan fingerprint density at radius 2 is 1.90 bits per heavy atom. The second-order valence-electron chi connectivity index (χ2n) is 9.79. The van der Waals surface area contributed by atoms with Gasteiger partial charge in [0.25, 0.3) is 0 Å². The molecule has 3 fully saturated rings. The van der Waals surface area contributed by atoms with Crippen LogP contribution in [0.4, 0.5) is 0 Å². The van der Waals surface area contributed by atoms with Crippen LogP contribution in [0.3, 0.4) is 0 Å². The third kappa shape index (κ3) is 3.14. The standard InChI is InChI=1S/C25H30N2O3S/c1-27-23-24(27)25(23)16-18-10-11-19(30-13-12-26-31(28,29)20-8-5-9-20)15-21(18)22(25)14-17-6-3-2-4-7-17/h2-4,6-7,10-11,15,20,22-24,26H,5,8-9,12-14,16H2,1H3. The van der Waals surface area contributed by atoms with E-state index in [0.717, 1.165) is 43.5 Å². The lowest BCUT2D eigenvalue weighted by Gasteiger charge is -2.29. The third-order valence-corrected chi connectivity index (χ3v) is 10.1. The molecule has 0 radical (unpaired) electrons. The Morgan fingerprint density at radius 1 is 1.13 bits per heavy atom. The lowest BCUT2D eigenvalue weighted by Crippen LogP contribution is -2.40. The highest BCUT2D eigenvalue weighted by Gasteiger charge is 2.84. The molecule has 2 saturated carbocycles. The van der Waals surface area contributed by atoms with Crippen molar-refractivity contribution in [2.75, 3.05) is 20.2 Å². The molecule has 1 saturated heterocycles. The van der Waals surface area contributed by atoms with E-state index in [0.29, 0.717) is 24.5 Å². The zero-order valence-electron chi connectivity index (χ0n) is 18.0. The first-order valence-corrected chi connectivity index (χ1v) is 13.1. The van der Waals surface area contributed by atoms with E-state index in [-0.39, 0.29) is 5.25 Å². The number of benzene rings is 2. The molecule has 3 unspecified atom stereocenters. The molecule has 3 aliphatic carbocycles. The van der Waals surface area contributed by atoms with Crippen LogP contribution in [0.2, 0.25) is 0 Å². The highest BCUT2D eigenvalue weighted by atomic mass is 32.2. The predicted molar refractivity (Wildman–Crippen MR) is 121 cm³/mol. The molecule has 3 atom stereocenters. The number of sulfonamides is 1. The average Bonchev–Trinajstić information content (AvgIpc) is 3.56. The van der Waals surface area contributed by atoms with Gasteiger partial charge in [0.05, 0.1) is 5.25 Å². The molecule has 6 heteroatoms. The van der Waals surface area contributed by atoms with E-state index in [1.165, 1.54) is 23.1 Å². The van der Waals surface area contributed by atoms with Crippen molar-refractivity contribution >= 4 is 10.0 Å². The smallest absolute Gasteiger partial charge is 0.214 e. The van der Waals surface area contributed by atoms with Gasteiger partial charge in [-0.15, -0.1) is 0 Å². The highest BCUT2D eigenvalue weighted by molar-refractivity contribution is 7.90. The Hall–Kier alpha value is -1.89. The minimum absolute atomic E-state index is 0.203. The number of rotatable bonds is 8. The van der Waals surface area contributed by atoms with Crippen LogP contribution >= 0.6 is 0 Å². The van der Waals surface area contributed by atoms with E-state index in [1.807, 2.05) is 0 Å². The predicted octanol–water partition coefficient (Wildman–Crippen LogP) is 3.10. The van der Waals surface area contributed by atoms with Crippen molar-refractivity contribution in [2.24, 2.45) is 5.41 Å². The van der Waals surface area contributed by atoms with Gasteiger partial charge in [-0.25, -0.2) is 13.1 Å². The van der Waals surface area contributed by atoms with E-state index < -0.39 is 10.0 Å². The maximum Gasteiger partial charge on any atom is 0.214 e. The maximum absolute atomic E-state index is 12.2. The van der Waals surface area contributed by atoms with Crippen LogP contribution in [0.15, 0.2) is 48.5 Å². The van der Waals surface area contributed by atoms with Crippen molar-refractivity contribution in [3.63, 3.8) is 0 Å². The van der Waals surface area contributed by atoms with Crippen LogP contribution in [0.5, 0.6) is 5.75 Å². The monoisotopic (exact) mass is 438 g/mol. The summed E-state index contributed by atoms with van der Waals surface area (Å²) in [5.74, 6) is 1.37. The molecule has 1 aliphatic heterocycles. The summed E-state index contributed by atoms with van der Waals surface area (Å²) in [6.45, 7) is 0.676. The number of fused-ring (bicyclic) bond motifs is 4. The minimum atomic E-state index is -3.18. The van der Waals surface area contributed by atoms with Crippen LogP contribution in [0.25, 0.3) is 0 Å². The molecule has 6 rings (SSSR count). The van der Waals surface area contributed by atoms with E-state index in [2.05, 4.69) is 65.2 Å². The molecule has 1 spiro atoms. The summed E-state index contributed by atoms with van der Waals surface area (Å²) >= 11 is 0. The molecule has 31 heavy (non-hydrogen) atoms. The first-order valence-electron chi connectivity index (χ1n) is 11.5. The lowest BCUT2D eigenvalue weighted by atomic mass is 9.81. The molecule has 0 bridgehead atoms. The lowest BCUT2D eigenvalue weighted by molar-refractivity contribution is 0.226. The summed E-state index contributed by atoms with van der Waals surface area (Å²) in [6.07, 6.45) is 4.81. The number of hydrogen-bond acceptors (Lipinski definition) is 4. The Morgan fingerprint density at radius 3 is 2.58 bits per heavy atom. The van der Waals surface area contributed by atoms with Gasteiger partial charge in [0.15, 0.2) is 0 Å². The molecule has 1 N–H and O–H groups in total. The van der Waals surface area contributed by atoms with Crippen LogP contribution in [0, 0.1) is 5.41 Å². The molecular weight excluding hydrogens is 408 g/mol. The van der Waals surface area contributed by atoms with E-state index >= 15 is 0 Å². The fraction of sp³-hybridized carbons (Fsp3) is 0.520. The van der Waals surface area contributed by atoms with E-state index in [9.17, 15) is 8.42 Å². The zero-order chi connectivity index (χ0) is 21.2. The summed E-state index contributed by atoms with van der Waals surface area (Å²) in [7, 11) is -0.941. The number of likely N-dealkylation sites (N-methyl/N-ethyl adjacent to an activating group) is 1. The fourth-order valence-electron chi connectivity index (χ4n) is 6.25. The summed E-state index contributed by atoms with van der Waals surface area (Å²) in [5.41, 5.74) is 4.69. The molecule has 4 aliphatic rings. The zero-order valence-corrected chi connectivity index (χ0v) is 18.8. The number of ether oxygens (including phenoxy) is 1. The van der Waals surface area contributed by atoms with Crippen LogP contribution in [-0.2, 0) is 22.9 Å². The number of nitrogens with one attached hydrogen (secondary N) is 1. The molecule has 0 amide bonds. The van der Waals surface area contributed by atoms with Crippen molar-refractivity contribution in [1.29, 1.82) is 0 Å². The van der Waals surface area contributed by atoms with E-state index in [4.69, 9.17) is 4.74 Å². The van der Waals surface area contributed by atoms with Gasteiger partial charge in [-0.2, -0.15) is 0 Å². The molecule has 5 nitrogen and oxygen atoms in total. The fourth-order valence-corrected chi connectivity index (χ4v) is 7.80. The van der Waals surface area contributed by atoms with E-state index in [1.54, 1.807) is 0 Å². The van der Waals surface area contributed by atoms with Gasteiger partial charge < -0.3 is 4.74 Å². The number of likely N-dealkylation sites (tertiary alicyclic amines) is 1. The largest absolute Gasteiger partial charge is 0.492 e. The summed E-state index contributed by atoms with van der Waals surface area (Å²) in [6, 6.07) is 18.8. The SMILES string of the molecule is CN1C2C1C21Cc2ccc(OCCNS(=O)(=O)C3CCC3)cc2C1Cc1ccccc1. The minimum Gasteiger partial charge on any atom is -0.492 e. The summed E-state index contributed by atoms with van der Waals surface area (Å²) in [4.78, 5) is 2.50. The van der Waals surface area contributed by atoms with Crippen molar-refractivity contribution in [2.45, 2.75) is 55.4 Å². The number of nitrogens with zero attached hydrogens (tertiary/aromatic N) is 1. The topological polar surface area (TPSA) is 58.4 Å². The Labute approximate surface area is 184 Å². The Bertz CT molecular complexity index is 1090. The summed E-state index contributed by atoms with van der Waals surface area (Å²) in [5, 5.41) is -0.203. The second kappa shape index (κ2) is 7.06. The van der Waals surface area contributed by atoms with Crippen LogP contribution < -0.4 is 9.46 Å². The van der Waals surface area contributed by atoms with Crippen molar-refractivity contribution in [3.05, 3.63) is 65.2 Å². The third-order valence-electron chi connectivity index (χ3n) is 8.16. The van der Waals surface area contributed by atoms with Gasteiger partial charge >= 0.3 is 0 Å². The normalized spacial score (nSPS) is 32.9. The van der Waals surface area contributed by atoms with Gasteiger partial charge in [0.2, 0.25) is 10.0 Å². The highest BCUT2D eigenvalue weighted by Crippen LogP contribution is 2.76. The van der Waals surface area contributed by atoms with Gasteiger partial charge in [-0.05, 0) is 67.5 Å². The molecule has 0 aromatic heterocycles. The van der Waals surface area contributed by atoms with Crippen molar-refractivity contribution in [1.82, 2.24) is 9.62 Å². The maximum atomic E-state index is 12.2. The number of hydrogen-bond donors (Lipinski definition) is 1. The van der Waals surface area contributed by atoms with Crippen LogP contribution in [0.1, 0.15) is 41.9 Å². The second-order valence-corrected chi connectivity index (χ2v) is 11.8. The van der Waals surface area contributed by atoms with Gasteiger partial charge in [-0.3, -0.25) is 4.90 Å². The molecule has 2 aromatic rings. The first kappa shape index (κ1) is 19.8. The molecule has 164 valence electrons. The van der Waals surface area contributed by atoms with Gasteiger partial charge in [0.1, 0.15) is 12.4 Å². The quantitative estimate of drug-likeness (QED) is 0.508. The van der Waals surface area contributed by atoms with Crippen LogP contribution in [-0.4, -0.2) is 50.9 Å². The summed E-state index contributed by atoms with van der Waals surface area (Å²) < 4.78 is 33.0. The molecule has 2 aromatic carbocycles. The van der Waals surface area contributed by atoms with Crippen molar-refractivity contribution < 1.29 is 13.2 Å². The Balaban J connectivity index is 1.15. The van der Waals surface area contributed by atoms with Crippen molar-refractivity contribution in [3.8, 4) is 5.75 Å².